The Kier molecular flexibility index (Phi) is 2.58. The van der Waals surface area contributed by atoms with Crippen molar-refractivity contribution in [2.45, 2.75) is 0 Å². The molecule has 0 aliphatic carbocycles. The summed E-state index contributed by atoms with van der Waals surface area (Å²) in [5.74, 6) is 0.651. The highest BCUT2D eigenvalue weighted by atomic mass is 79.9. The first-order chi connectivity index (χ1) is 8.76. The molecular weight excluding hydrogens is 292 g/mol. The molecule has 2 heterocycles. The Bertz CT molecular complexity index is 753. The van der Waals surface area contributed by atoms with E-state index in [1.807, 2.05) is 28.9 Å². The van der Waals surface area contributed by atoms with Crippen LogP contribution in [0.15, 0.2) is 47.3 Å². The van der Waals surface area contributed by atoms with Gasteiger partial charge in [-0.15, -0.1) is 0 Å². The molecule has 0 atom stereocenters. The van der Waals surface area contributed by atoms with Crippen LogP contribution in [0.5, 0.6) is 0 Å². The standard InChI is InChI=1S/C13H7BrN4/c14-11-6-16-13-17-12(8-18(13)7-11)10-3-1-9(5-15)2-4-10/h1-4,6-8H. The van der Waals surface area contributed by atoms with E-state index in [-0.39, 0.29) is 0 Å². The van der Waals surface area contributed by atoms with Gasteiger partial charge in [-0.3, -0.25) is 4.40 Å². The Labute approximate surface area is 112 Å². The Balaban J connectivity index is 2.10. The fourth-order valence-corrected chi connectivity index (χ4v) is 2.04. The lowest BCUT2D eigenvalue weighted by Crippen LogP contribution is -1.85. The number of hydrogen-bond donors (Lipinski definition) is 0. The van der Waals surface area contributed by atoms with E-state index in [1.54, 1.807) is 18.3 Å². The summed E-state index contributed by atoms with van der Waals surface area (Å²) in [4.78, 5) is 8.64. The monoisotopic (exact) mass is 298 g/mol. The molecule has 4 nitrogen and oxygen atoms in total. The topological polar surface area (TPSA) is 54.0 Å². The second-order valence-electron chi connectivity index (χ2n) is 3.79. The van der Waals surface area contributed by atoms with Crippen molar-refractivity contribution in [3.8, 4) is 17.3 Å². The van der Waals surface area contributed by atoms with Gasteiger partial charge in [0.2, 0.25) is 5.78 Å². The SMILES string of the molecule is N#Cc1ccc(-c2cn3cc(Br)cnc3n2)cc1. The third-order valence-electron chi connectivity index (χ3n) is 2.59. The van der Waals surface area contributed by atoms with Crippen LogP contribution in [0.25, 0.3) is 17.0 Å². The first-order valence-corrected chi connectivity index (χ1v) is 6.06. The maximum absolute atomic E-state index is 8.76. The van der Waals surface area contributed by atoms with Crippen molar-refractivity contribution in [3.05, 3.63) is 52.9 Å². The van der Waals surface area contributed by atoms with Crippen molar-refractivity contribution in [1.82, 2.24) is 14.4 Å². The normalized spacial score (nSPS) is 10.4. The third-order valence-corrected chi connectivity index (χ3v) is 3.00. The second kappa shape index (κ2) is 4.24. The molecule has 0 saturated heterocycles. The van der Waals surface area contributed by atoms with E-state index in [4.69, 9.17) is 5.26 Å². The molecule has 5 heteroatoms. The molecule has 0 aliphatic heterocycles. The van der Waals surface area contributed by atoms with Crippen LogP contribution in [0.4, 0.5) is 0 Å². The zero-order valence-corrected chi connectivity index (χ0v) is 10.8. The highest BCUT2D eigenvalue weighted by Crippen LogP contribution is 2.19. The first-order valence-electron chi connectivity index (χ1n) is 5.27. The molecule has 0 spiro atoms. The van der Waals surface area contributed by atoms with Gasteiger partial charge in [0.15, 0.2) is 0 Å². The largest absolute Gasteiger partial charge is 0.289 e. The zero-order valence-electron chi connectivity index (χ0n) is 9.21. The van der Waals surface area contributed by atoms with E-state index in [0.29, 0.717) is 11.3 Å². The van der Waals surface area contributed by atoms with Gasteiger partial charge >= 0.3 is 0 Å². The summed E-state index contributed by atoms with van der Waals surface area (Å²) < 4.78 is 2.76. The highest BCUT2D eigenvalue weighted by molar-refractivity contribution is 9.10. The molecule has 0 N–H and O–H groups in total. The lowest BCUT2D eigenvalue weighted by molar-refractivity contribution is 1.10. The predicted octanol–water partition coefficient (Wildman–Crippen LogP) is 3.03. The van der Waals surface area contributed by atoms with Crippen molar-refractivity contribution in [1.29, 1.82) is 5.26 Å². The molecule has 0 unspecified atom stereocenters. The van der Waals surface area contributed by atoms with Gasteiger partial charge in [0.1, 0.15) is 0 Å². The Morgan fingerprint density at radius 1 is 1.17 bits per heavy atom. The van der Waals surface area contributed by atoms with Crippen LogP contribution in [0.2, 0.25) is 0 Å². The van der Waals surface area contributed by atoms with Crippen LogP contribution < -0.4 is 0 Å². The molecular formula is C13H7BrN4. The van der Waals surface area contributed by atoms with Crippen molar-refractivity contribution in [2.24, 2.45) is 0 Å². The molecule has 0 fully saturated rings. The summed E-state index contributed by atoms with van der Waals surface area (Å²) in [5.41, 5.74) is 2.45. The minimum atomic E-state index is 0.642. The van der Waals surface area contributed by atoms with Crippen LogP contribution in [-0.4, -0.2) is 14.4 Å². The van der Waals surface area contributed by atoms with Crippen LogP contribution in [0.1, 0.15) is 5.56 Å². The number of nitriles is 1. The average molecular weight is 299 g/mol. The van der Waals surface area contributed by atoms with Gasteiger partial charge in [0.05, 0.1) is 21.8 Å². The van der Waals surface area contributed by atoms with Crippen LogP contribution >= 0.6 is 15.9 Å². The number of fused-ring (bicyclic) bond motifs is 1. The molecule has 0 aliphatic rings. The average Bonchev–Trinajstić information content (AvgIpc) is 2.81. The number of halogens is 1. The van der Waals surface area contributed by atoms with E-state index < -0.39 is 0 Å². The number of hydrogen-bond acceptors (Lipinski definition) is 3. The lowest BCUT2D eigenvalue weighted by Gasteiger charge is -1.94. The summed E-state index contributed by atoms with van der Waals surface area (Å²) in [6, 6.07) is 9.43. The number of nitrogens with zero attached hydrogens (tertiary/aromatic N) is 4. The number of rotatable bonds is 1. The van der Waals surface area contributed by atoms with Gasteiger partial charge in [-0.25, -0.2) is 9.97 Å². The zero-order chi connectivity index (χ0) is 12.5. The van der Waals surface area contributed by atoms with Gasteiger partial charge in [-0.2, -0.15) is 5.26 Å². The Morgan fingerprint density at radius 3 is 2.67 bits per heavy atom. The minimum Gasteiger partial charge on any atom is -0.289 e. The Hall–Kier alpha value is -2.19. The molecule has 1 aromatic carbocycles. The highest BCUT2D eigenvalue weighted by Gasteiger charge is 2.05. The predicted molar refractivity (Wildman–Crippen MR) is 70.8 cm³/mol. The van der Waals surface area contributed by atoms with Crippen LogP contribution in [-0.2, 0) is 0 Å². The van der Waals surface area contributed by atoms with Gasteiger partial charge in [0, 0.05) is 24.2 Å². The lowest BCUT2D eigenvalue weighted by atomic mass is 10.1. The summed E-state index contributed by atoms with van der Waals surface area (Å²) in [7, 11) is 0. The van der Waals surface area contributed by atoms with Gasteiger partial charge in [0.25, 0.3) is 0 Å². The third kappa shape index (κ3) is 1.87. The molecule has 3 aromatic rings. The minimum absolute atomic E-state index is 0.642. The summed E-state index contributed by atoms with van der Waals surface area (Å²) in [5, 5.41) is 8.76. The maximum Gasteiger partial charge on any atom is 0.234 e. The summed E-state index contributed by atoms with van der Waals surface area (Å²) in [6.07, 6.45) is 5.53. The fraction of sp³-hybridized carbons (Fsp3) is 0. The van der Waals surface area contributed by atoms with Gasteiger partial charge in [-0.1, -0.05) is 12.1 Å². The van der Waals surface area contributed by atoms with Crippen molar-refractivity contribution in [2.75, 3.05) is 0 Å². The smallest absolute Gasteiger partial charge is 0.234 e. The van der Waals surface area contributed by atoms with E-state index in [1.165, 1.54) is 0 Å². The van der Waals surface area contributed by atoms with Crippen LogP contribution in [0, 0.1) is 11.3 Å². The molecule has 0 amide bonds. The second-order valence-corrected chi connectivity index (χ2v) is 4.71. The molecule has 2 aromatic heterocycles. The summed E-state index contributed by atoms with van der Waals surface area (Å²) in [6.45, 7) is 0. The van der Waals surface area contributed by atoms with E-state index >= 15 is 0 Å². The molecule has 3 rings (SSSR count). The summed E-state index contributed by atoms with van der Waals surface area (Å²) >= 11 is 3.37. The number of benzene rings is 1. The van der Waals surface area contributed by atoms with Crippen LogP contribution in [0.3, 0.4) is 0 Å². The Morgan fingerprint density at radius 2 is 1.94 bits per heavy atom. The van der Waals surface area contributed by atoms with E-state index in [9.17, 15) is 0 Å². The maximum atomic E-state index is 8.76. The first kappa shape index (κ1) is 10.9. The molecule has 0 radical (unpaired) electrons. The molecule has 0 saturated carbocycles. The van der Waals surface area contributed by atoms with Crippen molar-refractivity contribution >= 4 is 21.7 Å². The van der Waals surface area contributed by atoms with Crippen molar-refractivity contribution in [3.63, 3.8) is 0 Å². The van der Waals surface area contributed by atoms with E-state index in [2.05, 4.69) is 32.0 Å². The molecule has 18 heavy (non-hydrogen) atoms. The van der Waals surface area contributed by atoms with Gasteiger partial charge in [-0.05, 0) is 28.1 Å². The van der Waals surface area contributed by atoms with E-state index in [0.717, 1.165) is 15.7 Å². The molecule has 0 bridgehead atoms. The number of imidazole rings is 1. The van der Waals surface area contributed by atoms with Gasteiger partial charge < -0.3 is 0 Å². The quantitative estimate of drug-likeness (QED) is 0.694. The van der Waals surface area contributed by atoms with Crippen molar-refractivity contribution < 1.29 is 0 Å². The number of aromatic nitrogens is 3. The molecule has 86 valence electrons. The fourth-order valence-electron chi connectivity index (χ4n) is 1.71.